The molecule has 3 heterocycles. The number of nitrogens with one attached hydrogen (secondary N) is 1. The minimum absolute atomic E-state index is 0.118. The largest absolute Gasteiger partial charge is 0.360 e. The van der Waals surface area contributed by atoms with E-state index >= 15 is 0 Å². The summed E-state index contributed by atoms with van der Waals surface area (Å²) in [7, 11) is -1.88. The highest BCUT2D eigenvalue weighted by atomic mass is 32.2. The molecule has 180 valence electrons. The van der Waals surface area contributed by atoms with Gasteiger partial charge in [-0.15, -0.1) is 0 Å². The Labute approximate surface area is 200 Å². The summed E-state index contributed by atoms with van der Waals surface area (Å²) < 4.78 is 43.4. The topological polar surface area (TPSA) is 59.7 Å². The predicted molar refractivity (Wildman–Crippen MR) is 135 cm³/mol. The number of nitrogens with zero attached hydrogens (tertiary/aromatic N) is 3. The first-order valence-electron chi connectivity index (χ1n) is 11.9. The Morgan fingerprint density at radius 1 is 1.15 bits per heavy atom. The summed E-state index contributed by atoms with van der Waals surface area (Å²) in [5.74, 6) is -0.245. The normalized spacial score (nSPS) is 21.0. The Morgan fingerprint density at radius 2 is 1.97 bits per heavy atom. The Morgan fingerprint density at radius 3 is 2.74 bits per heavy atom. The van der Waals surface area contributed by atoms with Gasteiger partial charge in [-0.05, 0) is 48.2 Å². The molecule has 6 nitrogen and oxygen atoms in total. The number of H-pyrrole nitrogens is 1. The SMILES string of the molecule is CCCC1c2ccccc2N(CCN2CC=C(c3c[nH]c4cc(F)ccc34)CC2)S(=O)(=O)N1C. The molecule has 2 aromatic carbocycles. The zero-order chi connectivity index (χ0) is 23.9. The van der Waals surface area contributed by atoms with E-state index in [-0.39, 0.29) is 11.9 Å². The van der Waals surface area contributed by atoms with E-state index in [9.17, 15) is 12.8 Å². The molecule has 0 amide bonds. The fourth-order valence-corrected chi connectivity index (χ4v) is 6.81. The molecule has 0 saturated carbocycles. The number of fused-ring (bicyclic) bond motifs is 2. The number of hydrogen-bond donors (Lipinski definition) is 1. The van der Waals surface area contributed by atoms with E-state index in [0.717, 1.165) is 60.1 Å². The lowest BCUT2D eigenvalue weighted by Crippen LogP contribution is -2.50. The molecule has 2 aliphatic rings. The molecular formula is C26H31FN4O2S. The molecule has 3 aromatic rings. The van der Waals surface area contributed by atoms with Crippen LogP contribution in [0.1, 0.15) is 43.4 Å². The lowest BCUT2D eigenvalue weighted by Gasteiger charge is -2.41. The Bertz CT molecular complexity index is 1330. The van der Waals surface area contributed by atoms with Crippen molar-refractivity contribution in [3.8, 4) is 0 Å². The summed E-state index contributed by atoms with van der Waals surface area (Å²) in [6.45, 7) is 4.76. The molecule has 0 radical (unpaired) electrons. The molecule has 0 spiro atoms. The monoisotopic (exact) mass is 482 g/mol. The van der Waals surface area contributed by atoms with Crippen molar-refractivity contribution in [3.63, 3.8) is 0 Å². The maximum Gasteiger partial charge on any atom is 0.304 e. The van der Waals surface area contributed by atoms with Gasteiger partial charge in [0.25, 0.3) is 0 Å². The summed E-state index contributed by atoms with van der Waals surface area (Å²) in [6, 6.07) is 12.6. The lowest BCUT2D eigenvalue weighted by atomic mass is 9.99. The molecule has 0 bridgehead atoms. The fraction of sp³-hybridized carbons (Fsp3) is 0.385. The minimum atomic E-state index is -3.57. The van der Waals surface area contributed by atoms with Crippen LogP contribution in [-0.2, 0) is 10.2 Å². The van der Waals surface area contributed by atoms with Crippen LogP contribution in [0.2, 0.25) is 0 Å². The zero-order valence-electron chi connectivity index (χ0n) is 19.7. The van der Waals surface area contributed by atoms with Gasteiger partial charge in [0.05, 0.1) is 11.7 Å². The van der Waals surface area contributed by atoms with Crippen molar-refractivity contribution in [2.75, 3.05) is 37.5 Å². The van der Waals surface area contributed by atoms with Gasteiger partial charge >= 0.3 is 10.2 Å². The number of aromatic amines is 1. The number of halogens is 1. The van der Waals surface area contributed by atoms with Crippen LogP contribution in [0, 0.1) is 5.82 Å². The second-order valence-electron chi connectivity index (χ2n) is 9.13. The van der Waals surface area contributed by atoms with Gasteiger partial charge in [-0.2, -0.15) is 12.7 Å². The van der Waals surface area contributed by atoms with Crippen molar-refractivity contribution in [1.29, 1.82) is 0 Å². The van der Waals surface area contributed by atoms with E-state index in [0.29, 0.717) is 13.1 Å². The van der Waals surface area contributed by atoms with Crippen molar-refractivity contribution in [2.45, 2.75) is 32.2 Å². The van der Waals surface area contributed by atoms with Gasteiger partial charge in [0, 0.05) is 55.9 Å². The van der Waals surface area contributed by atoms with Crippen molar-refractivity contribution >= 4 is 32.4 Å². The molecule has 1 atom stereocenters. The van der Waals surface area contributed by atoms with Crippen LogP contribution in [0.5, 0.6) is 0 Å². The summed E-state index contributed by atoms with van der Waals surface area (Å²) in [5, 5.41) is 1.03. The van der Waals surface area contributed by atoms with Crippen LogP contribution in [0.25, 0.3) is 16.5 Å². The molecule has 0 aliphatic carbocycles. The molecule has 8 heteroatoms. The summed E-state index contributed by atoms with van der Waals surface area (Å²) >= 11 is 0. The summed E-state index contributed by atoms with van der Waals surface area (Å²) in [6.07, 6.45) is 6.75. The molecular weight excluding hydrogens is 451 g/mol. The number of benzene rings is 2. The third-order valence-electron chi connectivity index (χ3n) is 7.11. The Hall–Kier alpha value is -2.68. The van der Waals surface area contributed by atoms with Crippen molar-refractivity contribution in [2.24, 2.45) is 0 Å². The second kappa shape index (κ2) is 9.17. The Balaban J connectivity index is 1.31. The predicted octanol–water partition coefficient (Wildman–Crippen LogP) is 4.93. The van der Waals surface area contributed by atoms with Crippen LogP contribution >= 0.6 is 0 Å². The van der Waals surface area contributed by atoms with E-state index < -0.39 is 10.2 Å². The smallest absolute Gasteiger partial charge is 0.304 e. The molecule has 1 N–H and O–H groups in total. The van der Waals surface area contributed by atoms with Gasteiger partial charge in [0.15, 0.2) is 0 Å². The molecule has 5 rings (SSSR count). The minimum Gasteiger partial charge on any atom is -0.360 e. The fourth-order valence-electron chi connectivity index (χ4n) is 5.23. The number of para-hydroxylation sites is 1. The molecule has 1 unspecified atom stereocenters. The number of aromatic nitrogens is 1. The highest BCUT2D eigenvalue weighted by Crippen LogP contribution is 2.41. The van der Waals surface area contributed by atoms with E-state index in [1.165, 1.54) is 22.0 Å². The average Bonchev–Trinajstić information content (AvgIpc) is 3.25. The van der Waals surface area contributed by atoms with Gasteiger partial charge in [-0.25, -0.2) is 4.39 Å². The van der Waals surface area contributed by atoms with Gasteiger partial charge in [0.1, 0.15) is 5.82 Å². The maximum atomic E-state index is 13.5. The summed E-state index contributed by atoms with van der Waals surface area (Å²) in [4.78, 5) is 5.45. The molecule has 0 fully saturated rings. The van der Waals surface area contributed by atoms with Gasteiger partial charge < -0.3 is 4.98 Å². The third kappa shape index (κ3) is 4.04. The Kier molecular flexibility index (Phi) is 6.22. The quantitative estimate of drug-likeness (QED) is 0.542. The van der Waals surface area contributed by atoms with Gasteiger partial charge in [-0.1, -0.05) is 37.6 Å². The molecule has 0 saturated heterocycles. The van der Waals surface area contributed by atoms with Crippen LogP contribution in [0.15, 0.2) is 54.7 Å². The third-order valence-corrected chi connectivity index (χ3v) is 9.03. The lowest BCUT2D eigenvalue weighted by molar-refractivity contribution is 0.305. The zero-order valence-corrected chi connectivity index (χ0v) is 20.5. The first-order chi connectivity index (χ1) is 16.4. The van der Waals surface area contributed by atoms with E-state index in [4.69, 9.17) is 0 Å². The van der Waals surface area contributed by atoms with Gasteiger partial charge in [-0.3, -0.25) is 9.21 Å². The van der Waals surface area contributed by atoms with E-state index in [2.05, 4.69) is 29.0 Å². The molecule has 2 aliphatic heterocycles. The second-order valence-corrected chi connectivity index (χ2v) is 11.0. The van der Waals surface area contributed by atoms with Crippen molar-refractivity contribution < 1.29 is 12.8 Å². The maximum absolute atomic E-state index is 13.5. The van der Waals surface area contributed by atoms with Gasteiger partial charge in [0.2, 0.25) is 0 Å². The van der Waals surface area contributed by atoms with Crippen LogP contribution in [0.3, 0.4) is 0 Å². The highest BCUT2D eigenvalue weighted by Gasteiger charge is 2.40. The standard InChI is InChI=1S/C26H31FN4O2S/c1-3-6-25-22-7-4-5-8-26(22)31(34(32,33)29(25)2)16-15-30-13-11-19(12-14-30)23-18-28-24-17-20(27)9-10-21(23)24/h4-5,7-11,17-18,25,28H,3,6,12-16H2,1-2H3. The molecule has 1 aromatic heterocycles. The van der Waals surface area contributed by atoms with Crippen LogP contribution < -0.4 is 4.31 Å². The first-order valence-corrected chi connectivity index (χ1v) is 13.3. The van der Waals surface area contributed by atoms with E-state index in [1.54, 1.807) is 11.4 Å². The van der Waals surface area contributed by atoms with E-state index in [1.807, 2.05) is 30.5 Å². The highest BCUT2D eigenvalue weighted by molar-refractivity contribution is 7.90. The van der Waals surface area contributed by atoms with Crippen molar-refractivity contribution in [1.82, 2.24) is 14.2 Å². The van der Waals surface area contributed by atoms with Crippen molar-refractivity contribution in [3.05, 3.63) is 71.7 Å². The number of anilines is 1. The van der Waals surface area contributed by atoms with Crippen LogP contribution in [-0.4, -0.2) is 55.8 Å². The average molecular weight is 483 g/mol. The summed E-state index contributed by atoms with van der Waals surface area (Å²) in [5.41, 5.74) is 5.05. The molecule has 34 heavy (non-hydrogen) atoms. The van der Waals surface area contributed by atoms with Crippen LogP contribution in [0.4, 0.5) is 10.1 Å². The number of rotatable bonds is 6. The first kappa shape index (κ1) is 23.1. The number of hydrogen-bond acceptors (Lipinski definition) is 3.